The molecule has 2 rings (SSSR count). The first-order chi connectivity index (χ1) is 17.7. The Morgan fingerprint density at radius 2 is 0.972 bits per heavy atom. The van der Waals surface area contributed by atoms with Crippen LogP contribution >= 0.6 is 0 Å². The van der Waals surface area contributed by atoms with E-state index in [1.807, 2.05) is 12.4 Å². The Labute approximate surface area is 224 Å². The number of aromatic nitrogens is 2. The van der Waals surface area contributed by atoms with Crippen LogP contribution in [0.3, 0.4) is 0 Å². The topological polar surface area (TPSA) is 25.8 Å². The summed E-state index contributed by atoms with van der Waals surface area (Å²) in [5.74, 6) is 1.71. The van der Waals surface area contributed by atoms with Crippen molar-refractivity contribution in [3.8, 4) is 11.4 Å². The third-order valence-corrected chi connectivity index (χ3v) is 7.48. The summed E-state index contributed by atoms with van der Waals surface area (Å²) < 4.78 is 0. The SMILES string of the molecule is CCCCCCCCCCCCCc1cnc(-c2ccc(CCCCCCCCC(C)C)cc2)nc1. The Bertz CT molecular complexity index is 748. The molecule has 0 unspecified atom stereocenters. The Morgan fingerprint density at radius 3 is 1.47 bits per heavy atom. The van der Waals surface area contributed by atoms with Gasteiger partial charge in [-0.3, -0.25) is 0 Å². The zero-order valence-corrected chi connectivity index (χ0v) is 24.1. The number of nitrogens with zero attached hydrogens (tertiary/aromatic N) is 2. The van der Waals surface area contributed by atoms with Crippen LogP contribution in [0.5, 0.6) is 0 Å². The van der Waals surface area contributed by atoms with Gasteiger partial charge in [0.15, 0.2) is 5.82 Å². The molecular formula is C34H56N2. The first-order valence-corrected chi connectivity index (χ1v) is 15.6. The molecule has 0 saturated heterocycles. The van der Waals surface area contributed by atoms with Crippen molar-refractivity contribution in [1.82, 2.24) is 9.97 Å². The Kier molecular flexibility index (Phi) is 17.3. The summed E-state index contributed by atoms with van der Waals surface area (Å²) in [5.41, 5.74) is 3.84. The van der Waals surface area contributed by atoms with E-state index in [4.69, 9.17) is 0 Å². The number of rotatable bonds is 22. The van der Waals surface area contributed by atoms with Gasteiger partial charge in [-0.25, -0.2) is 9.97 Å². The van der Waals surface area contributed by atoms with Crippen molar-refractivity contribution in [3.63, 3.8) is 0 Å². The molecule has 0 atom stereocenters. The maximum Gasteiger partial charge on any atom is 0.159 e. The first kappa shape index (κ1) is 30.5. The molecule has 2 aromatic rings. The van der Waals surface area contributed by atoms with Gasteiger partial charge in [-0.2, -0.15) is 0 Å². The van der Waals surface area contributed by atoms with E-state index in [9.17, 15) is 0 Å². The monoisotopic (exact) mass is 492 g/mol. The van der Waals surface area contributed by atoms with Crippen LogP contribution in [0.15, 0.2) is 36.7 Å². The number of benzene rings is 1. The molecule has 0 spiro atoms. The summed E-state index contributed by atoms with van der Waals surface area (Å²) in [4.78, 5) is 9.32. The Balaban J connectivity index is 1.54. The second-order valence-electron chi connectivity index (χ2n) is 11.5. The first-order valence-electron chi connectivity index (χ1n) is 15.6. The van der Waals surface area contributed by atoms with Gasteiger partial charge >= 0.3 is 0 Å². The molecule has 0 aliphatic rings. The predicted octanol–water partition coefficient (Wildman–Crippen LogP) is 10.9. The van der Waals surface area contributed by atoms with E-state index in [0.717, 1.165) is 23.7 Å². The lowest BCUT2D eigenvalue weighted by Crippen LogP contribution is -1.94. The molecule has 0 N–H and O–H groups in total. The summed E-state index contributed by atoms with van der Waals surface area (Å²) in [6.45, 7) is 6.94. The van der Waals surface area contributed by atoms with Crippen LogP contribution in [-0.4, -0.2) is 9.97 Å². The molecule has 0 aliphatic heterocycles. The van der Waals surface area contributed by atoms with Gasteiger partial charge in [-0.15, -0.1) is 0 Å². The Hall–Kier alpha value is -1.70. The van der Waals surface area contributed by atoms with E-state index in [0.29, 0.717) is 0 Å². The fraction of sp³-hybridized carbons (Fsp3) is 0.706. The van der Waals surface area contributed by atoms with Crippen LogP contribution in [0.25, 0.3) is 11.4 Å². The van der Waals surface area contributed by atoms with Crippen LogP contribution in [-0.2, 0) is 12.8 Å². The van der Waals surface area contributed by atoms with Crippen molar-refractivity contribution >= 4 is 0 Å². The summed E-state index contributed by atoms with van der Waals surface area (Å²) >= 11 is 0. The largest absolute Gasteiger partial charge is 0.236 e. The maximum absolute atomic E-state index is 4.66. The van der Waals surface area contributed by atoms with E-state index in [1.165, 1.54) is 133 Å². The molecule has 0 amide bonds. The third kappa shape index (κ3) is 14.8. The zero-order chi connectivity index (χ0) is 25.7. The average Bonchev–Trinajstić information content (AvgIpc) is 2.89. The van der Waals surface area contributed by atoms with Crippen molar-refractivity contribution in [1.29, 1.82) is 0 Å². The van der Waals surface area contributed by atoms with Crippen molar-refractivity contribution in [3.05, 3.63) is 47.8 Å². The normalized spacial score (nSPS) is 11.4. The minimum atomic E-state index is 0.852. The van der Waals surface area contributed by atoms with Gasteiger partial charge in [-0.1, -0.05) is 148 Å². The lowest BCUT2D eigenvalue weighted by Gasteiger charge is -2.06. The van der Waals surface area contributed by atoms with E-state index in [-0.39, 0.29) is 0 Å². The summed E-state index contributed by atoms with van der Waals surface area (Å²) in [6.07, 6.45) is 31.3. The molecule has 1 aromatic heterocycles. The molecule has 0 bridgehead atoms. The third-order valence-electron chi connectivity index (χ3n) is 7.48. The average molecular weight is 493 g/mol. The number of hydrogen-bond acceptors (Lipinski definition) is 2. The molecular weight excluding hydrogens is 436 g/mol. The highest BCUT2D eigenvalue weighted by atomic mass is 14.9. The smallest absolute Gasteiger partial charge is 0.159 e. The molecule has 202 valence electrons. The second-order valence-corrected chi connectivity index (χ2v) is 11.5. The minimum Gasteiger partial charge on any atom is -0.236 e. The van der Waals surface area contributed by atoms with Gasteiger partial charge in [0.1, 0.15) is 0 Å². The van der Waals surface area contributed by atoms with E-state index < -0.39 is 0 Å². The highest BCUT2D eigenvalue weighted by Crippen LogP contribution is 2.18. The Morgan fingerprint density at radius 1 is 0.528 bits per heavy atom. The fourth-order valence-electron chi connectivity index (χ4n) is 5.04. The summed E-state index contributed by atoms with van der Waals surface area (Å²) in [6, 6.07) is 8.92. The van der Waals surface area contributed by atoms with Crippen molar-refractivity contribution < 1.29 is 0 Å². The minimum absolute atomic E-state index is 0.852. The highest BCUT2D eigenvalue weighted by molar-refractivity contribution is 5.55. The van der Waals surface area contributed by atoms with Crippen LogP contribution in [0.2, 0.25) is 0 Å². The lowest BCUT2D eigenvalue weighted by molar-refractivity contribution is 0.511. The molecule has 0 saturated carbocycles. The van der Waals surface area contributed by atoms with Crippen LogP contribution in [0.1, 0.15) is 147 Å². The molecule has 0 fully saturated rings. The van der Waals surface area contributed by atoms with Gasteiger partial charge < -0.3 is 0 Å². The maximum atomic E-state index is 4.66. The van der Waals surface area contributed by atoms with E-state index >= 15 is 0 Å². The van der Waals surface area contributed by atoms with Gasteiger partial charge in [0, 0.05) is 18.0 Å². The molecule has 36 heavy (non-hydrogen) atoms. The van der Waals surface area contributed by atoms with Gasteiger partial charge in [0.25, 0.3) is 0 Å². The second kappa shape index (κ2) is 20.4. The standard InChI is InChI=1S/C34H56N2/c1-4-5-6-7-8-9-10-11-12-17-20-23-32-28-35-34(36-29-32)33-26-24-31(25-27-33)22-19-16-14-13-15-18-21-30(2)3/h24-30H,4-23H2,1-3H3. The van der Waals surface area contributed by atoms with Crippen molar-refractivity contribution in [2.75, 3.05) is 0 Å². The predicted molar refractivity (Wildman–Crippen MR) is 158 cm³/mol. The van der Waals surface area contributed by atoms with Gasteiger partial charge in [0.05, 0.1) is 0 Å². The number of unbranched alkanes of at least 4 members (excludes halogenated alkanes) is 15. The van der Waals surface area contributed by atoms with E-state index in [1.54, 1.807) is 0 Å². The van der Waals surface area contributed by atoms with Gasteiger partial charge in [0.2, 0.25) is 0 Å². The molecule has 0 aliphatic carbocycles. The fourth-order valence-corrected chi connectivity index (χ4v) is 5.04. The summed E-state index contributed by atoms with van der Waals surface area (Å²) in [7, 11) is 0. The van der Waals surface area contributed by atoms with Gasteiger partial charge in [-0.05, 0) is 42.7 Å². The molecule has 1 aromatic carbocycles. The summed E-state index contributed by atoms with van der Waals surface area (Å²) in [5, 5.41) is 0. The quantitative estimate of drug-likeness (QED) is 0.153. The van der Waals surface area contributed by atoms with E-state index in [2.05, 4.69) is 55.0 Å². The molecule has 0 radical (unpaired) electrons. The highest BCUT2D eigenvalue weighted by Gasteiger charge is 2.03. The van der Waals surface area contributed by atoms with Crippen LogP contribution < -0.4 is 0 Å². The van der Waals surface area contributed by atoms with Crippen molar-refractivity contribution in [2.45, 2.75) is 149 Å². The zero-order valence-electron chi connectivity index (χ0n) is 24.1. The van der Waals surface area contributed by atoms with Crippen LogP contribution in [0, 0.1) is 5.92 Å². The number of aryl methyl sites for hydroxylation is 2. The molecule has 1 heterocycles. The molecule has 2 heteroatoms. The van der Waals surface area contributed by atoms with Crippen LogP contribution in [0.4, 0.5) is 0 Å². The molecule has 2 nitrogen and oxygen atoms in total. The number of hydrogen-bond donors (Lipinski definition) is 0. The lowest BCUT2D eigenvalue weighted by atomic mass is 10.0. The van der Waals surface area contributed by atoms with Crippen molar-refractivity contribution in [2.24, 2.45) is 5.92 Å².